The van der Waals surface area contributed by atoms with Gasteiger partial charge in [0.05, 0.1) is 22.8 Å². The third kappa shape index (κ3) is 4.35. The molecule has 2 atom stereocenters. The Balaban J connectivity index is 1.67. The van der Waals surface area contributed by atoms with E-state index in [0.29, 0.717) is 23.8 Å². The molecule has 0 unspecified atom stereocenters. The van der Waals surface area contributed by atoms with Crippen LogP contribution in [-0.4, -0.2) is 66.2 Å². The second-order valence-corrected chi connectivity index (χ2v) is 10.3. The van der Waals surface area contributed by atoms with Gasteiger partial charge >= 0.3 is 0 Å². The molecule has 1 amide bonds. The molecule has 2 aromatic heterocycles. The lowest BCUT2D eigenvalue weighted by atomic mass is 10.1. The second kappa shape index (κ2) is 8.02. The van der Waals surface area contributed by atoms with Crippen LogP contribution in [0, 0.1) is 20.8 Å². The number of aryl methyl sites for hydroxylation is 3. The first-order valence-electron chi connectivity index (χ1n) is 9.24. The zero-order chi connectivity index (χ0) is 20.6. The van der Waals surface area contributed by atoms with Gasteiger partial charge in [-0.1, -0.05) is 0 Å². The third-order valence-corrected chi connectivity index (χ3v) is 7.70. The normalized spacial score (nSPS) is 21.2. The molecule has 154 valence electrons. The van der Waals surface area contributed by atoms with Crippen LogP contribution in [0.3, 0.4) is 0 Å². The lowest BCUT2D eigenvalue weighted by molar-refractivity contribution is -0.0440. The molecule has 0 radical (unpaired) electrons. The smallest absolute Gasteiger partial charge is 0.261 e. The number of carbonyl (C=O) groups excluding carboxylic acids is 1. The topological polar surface area (TPSA) is 101 Å². The van der Waals surface area contributed by atoms with Gasteiger partial charge in [-0.3, -0.25) is 4.79 Å². The van der Waals surface area contributed by atoms with Crippen LogP contribution in [-0.2, 0) is 14.8 Å². The summed E-state index contributed by atoms with van der Waals surface area (Å²) in [5, 5.41) is 3.63. The van der Waals surface area contributed by atoms with Crippen LogP contribution in [0.15, 0.2) is 0 Å². The molecule has 2 aromatic rings. The van der Waals surface area contributed by atoms with Crippen molar-refractivity contribution in [3.8, 4) is 0 Å². The standard InChI is InChI=1S/C18H26N4O4S2/c1-10-8-22(9-11(2)26-10)28(24,25)7-6-19-17(23)16-12(3)15-13(4)20-14(5)21-18(15)27-16/h10-11H,6-9H2,1-5H3,(H,19,23)/t10-,11+. The zero-order valence-corrected chi connectivity index (χ0v) is 18.4. The molecule has 3 rings (SSSR count). The SMILES string of the molecule is Cc1nc(C)c2c(C)c(C(=O)NCCS(=O)(=O)N3C[C@@H](C)O[C@@H](C)C3)sc2n1. The fraction of sp³-hybridized carbons (Fsp3) is 0.611. The molecule has 3 heterocycles. The largest absolute Gasteiger partial charge is 0.373 e. The monoisotopic (exact) mass is 426 g/mol. The quantitative estimate of drug-likeness (QED) is 0.782. The first kappa shape index (κ1) is 21.1. The molecular weight excluding hydrogens is 400 g/mol. The van der Waals surface area contributed by atoms with Crippen molar-refractivity contribution < 1.29 is 17.9 Å². The molecule has 28 heavy (non-hydrogen) atoms. The van der Waals surface area contributed by atoms with E-state index in [9.17, 15) is 13.2 Å². The summed E-state index contributed by atoms with van der Waals surface area (Å²) in [5.74, 6) is 0.245. The Labute approximate surface area is 169 Å². The van der Waals surface area contributed by atoms with Crippen molar-refractivity contribution in [2.45, 2.75) is 46.8 Å². The molecule has 0 aliphatic carbocycles. The maximum Gasteiger partial charge on any atom is 0.261 e. The van der Waals surface area contributed by atoms with Crippen molar-refractivity contribution in [2.24, 2.45) is 0 Å². The number of thiophene rings is 1. The van der Waals surface area contributed by atoms with E-state index in [2.05, 4.69) is 15.3 Å². The van der Waals surface area contributed by atoms with Crippen molar-refractivity contribution in [3.05, 3.63) is 22.0 Å². The van der Waals surface area contributed by atoms with Gasteiger partial charge in [0.2, 0.25) is 10.0 Å². The van der Waals surface area contributed by atoms with E-state index in [0.717, 1.165) is 21.5 Å². The summed E-state index contributed by atoms with van der Waals surface area (Å²) in [6.45, 7) is 10.0. The van der Waals surface area contributed by atoms with Crippen molar-refractivity contribution in [3.63, 3.8) is 0 Å². The number of nitrogens with zero attached hydrogens (tertiary/aromatic N) is 3. The van der Waals surface area contributed by atoms with E-state index in [1.54, 1.807) is 0 Å². The molecule has 1 aliphatic heterocycles. The molecule has 10 heteroatoms. The Morgan fingerprint density at radius 2 is 1.86 bits per heavy atom. The Morgan fingerprint density at radius 3 is 2.50 bits per heavy atom. The van der Waals surface area contributed by atoms with E-state index in [1.807, 2.05) is 34.6 Å². The van der Waals surface area contributed by atoms with Crippen LogP contribution in [0.4, 0.5) is 0 Å². The highest BCUT2D eigenvalue weighted by Gasteiger charge is 2.30. The van der Waals surface area contributed by atoms with Gasteiger partial charge in [0.15, 0.2) is 0 Å². The summed E-state index contributed by atoms with van der Waals surface area (Å²) in [6.07, 6.45) is -0.274. The number of aromatic nitrogens is 2. The van der Waals surface area contributed by atoms with Gasteiger partial charge in [0.25, 0.3) is 5.91 Å². The lowest BCUT2D eigenvalue weighted by Gasteiger charge is -2.34. The highest BCUT2D eigenvalue weighted by Crippen LogP contribution is 2.31. The highest BCUT2D eigenvalue weighted by molar-refractivity contribution is 7.89. The van der Waals surface area contributed by atoms with Gasteiger partial charge in [-0.15, -0.1) is 11.3 Å². The molecule has 1 saturated heterocycles. The first-order valence-corrected chi connectivity index (χ1v) is 11.7. The minimum absolute atomic E-state index is 0.0542. The van der Waals surface area contributed by atoms with Crippen LogP contribution >= 0.6 is 11.3 Å². The first-order chi connectivity index (χ1) is 13.1. The maximum atomic E-state index is 12.6. The number of fused-ring (bicyclic) bond motifs is 1. The molecule has 1 fully saturated rings. The number of hydrogen-bond acceptors (Lipinski definition) is 7. The van der Waals surface area contributed by atoms with E-state index in [1.165, 1.54) is 15.6 Å². The number of hydrogen-bond donors (Lipinski definition) is 1. The fourth-order valence-corrected chi connectivity index (χ4v) is 6.24. The number of nitrogens with one attached hydrogen (secondary N) is 1. The second-order valence-electron chi connectivity index (χ2n) is 7.24. The molecule has 0 aromatic carbocycles. The number of carbonyl (C=O) groups is 1. The summed E-state index contributed by atoms with van der Waals surface area (Å²) >= 11 is 1.31. The Morgan fingerprint density at radius 1 is 1.21 bits per heavy atom. The van der Waals surface area contributed by atoms with Gasteiger partial charge < -0.3 is 10.1 Å². The minimum atomic E-state index is -3.45. The molecule has 0 saturated carbocycles. The predicted octanol–water partition coefficient (Wildman–Crippen LogP) is 1.79. The van der Waals surface area contributed by atoms with Gasteiger partial charge in [-0.05, 0) is 40.2 Å². The molecule has 8 nitrogen and oxygen atoms in total. The molecule has 1 aliphatic rings. The summed E-state index contributed by atoms with van der Waals surface area (Å²) in [6, 6.07) is 0. The van der Waals surface area contributed by atoms with Crippen LogP contribution in [0.25, 0.3) is 10.2 Å². The number of amides is 1. The van der Waals surface area contributed by atoms with Crippen molar-refractivity contribution in [1.29, 1.82) is 0 Å². The summed E-state index contributed by atoms with van der Waals surface area (Å²) in [5.41, 5.74) is 1.67. The summed E-state index contributed by atoms with van der Waals surface area (Å²) in [4.78, 5) is 22.7. The van der Waals surface area contributed by atoms with Gasteiger partial charge in [-0.25, -0.2) is 18.4 Å². The number of sulfonamides is 1. The highest BCUT2D eigenvalue weighted by atomic mass is 32.2. The molecule has 1 N–H and O–H groups in total. The van der Waals surface area contributed by atoms with E-state index < -0.39 is 10.0 Å². The van der Waals surface area contributed by atoms with Crippen LogP contribution in [0.1, 0.15) is 40.6 Å². The third-order valence-electron chi connectivity index (χ3n) is 4.71. The number of morpholine rings is 1. The Bertz CT molecular complexity index is 993. The van der Waals surface area contributed by atoms with E-state index in [4.69, 9.17) is 4.74 Å². The predicted molar refractivity (Wildman–Crippen MR) is 109 cm³/mol. The van der Waals surface area contributed by atoms with Crippen molar-refractivity contribution in [1.82, 2.24) is 19.6 Å². The zero-order valence-electron chi connectivity index (χ0n) is 16.8. The van der Waals surface area contributed by atoms with Crippen molar-refractivity contribution >= 4 is 37.5 Å². The Kier molecular flexibility index (Phi) is 6.04. The van der Waals surface area contributed by atoms with E-state index in [-0.39, 0.29) is 30.4 Å². The van der Waals surface area contributed by atoms with Crippen LogP contribution < -0.4 is 5.32 Å². The van der Waals surface area contributed by atoms with Gasteiger partial charge in [0.1, 0.15) is 10.7 Å². The van der Waals surface area contributed by atoms with Crippen LogP contribution in [0.5, 0.6) is 0 Å². The fourth-order valence-electron chi connectivity index (χ4n) is 3.55. The minimum Gasteiger partial charge on any atom is -0.373 e. The average molecular weight is 427 g/mol. The van der Waals surface area contributed by atoms with Gasteiger partial charge in [-0.2, -0.15) is 4.31 Å². The average Bonchev–Trinajstić information content (AvgIpc) is 2.90. The van der Waals surface area contributed by atoms with Crippen molar-refractivity contribution in [2.75, 3.05) is 25.4 Å². The molecular formula is C18H26N4O4S2. The van der Waals surface area contributed by atoms with Gasteiger partial charge in [0, 0.05) is 30.7 Å². The maximum absolute atomic E-state index is 12.6. The Hall–Kier alpha value is -1.62. The lowest BCUT2D eigenvalue weighted by Crippen LogP contribution is -2.49. The van der Waals surface area contributed by atoms with Crippen LogP contribution in [0.2, 0.25) is 0 Å². The number of rotatable bonds is 5. The number of ether oxygens (including phenoxy) is 1. The summed E-state index contributed by atoms with van der Waals surface area (Å²) in [7, 11) is -3.45. The van der Waals surface area contributed by atoms with E-state index >= 15 is 0 Å². The molecule has 0 bridgehead atoms. The molecule has 0 spiro atoms. The summed E-state index contributed by atoms with van der Waals surface area (Å²) < 4.78 is 32.2.